The van der Waals surface area contributed by atoms with Crippen LogP contribution in [0.15, 0.2) is 66.7 Å². The third kappa shape index (κ3) is 3.44. The maximum atomic E-state index is 6.32. The van der Waals surface area contributed by atoms with E-state index in [9.17, 15) is 0 Å². The van der Waals surface area contributed by atoms with E-state index in [-0.39, 0.29) is 0 Å². The van der Waals surface area contributed by atoms with Crippen LogP contribution in [-0.2, 0) is 0 Å². The van der Waals surface area contributed by atoms with Crippen LogP contribution >= 0.6 is 11.6 Å². The largest absolute Gasteiger partial charge is 0.493 e. The number of hydrogen-bond donors (Lipinski definition) is 1. The number of hydrogen-bond acceptors (Lipinski definition) is 5. The van der Waals surface area contributed by atoms with Crippen molar-refractivity contribution in [1.29, 1.82) is 0 Å². The number of methoxy groups -OCH3 is 2. The molecule has 3 aromatic carbocycles. The monoisotopic (exact) mass is 391 g/mol. The zero-order chi connectivity index (χ0) is 19.5. The first kappa shape index (κ1) is 18.1. The highest BCUT2D eigenvalue weighted by atomic mass is 35.5. The number of benzene rings is 3. The van der Waals surface area contributed by atoms with Crippen LogP contribution in [0, 0.1) is 0 Å². The Morgan fingerprint density at radius 1 is 0.821 bits per heavy atom. The Morgan fingerprint density at radius 2 is 1.57 bits per heavy atom. The lowest BCUT2D eigenvalue weighted by molar-refractivity contribution is 0.355. The van der Waals surface area contributed by atoms with Gasteiger partial charge in [0.05, 0.1) is 30.4 Å². The summed E-state index contributed by atoms with van der Waals surface area (Å²) in [7, 11) is 3.21. The summed E-state index contributed by atoms with van der Waals surface area (Å²) in [6, 6.07) is 21.0. The molecule has 1 heterocycles. The smallest absolute Gasteiger partial charge is 0.162 e. The van der Waals surface area contributed by atoms with Crippen molar-refractivity contribution in [2.24, 2.45) is 0 Å². The van der Waals surface area contributed by atoms with Crippen LogP contribution < -0.4 is 14.8 Å². The fourth-order valence-corrected chi connectivity index (χ4v) is 3.15. The molecule has 0 bridgehead atoms. The van der Waals surface area contributed by atoms with Crippen LogP contribution in [0.25, 0.3) is 22.3 Å². The van der Waals surface area contributed by atoms with E-state index in [0.29, 0.717) is 28.2 Å². The maximum absolute atomic E-state index is 6.32. The van der Waals surface area contributed by atoms with Gasteiger partial charge in [0.25, 0.3) is 0 Å². The van der Waals surface area contributed by atoms with Crippen LogP contribution in [0.3, 0.4) is 0 Å². The van der Waals surface area contributed by atoms with Crippen molar-refractivity contribution in [3.05, 3.63) is 71.8 Å². The normalized spacial score (nSPS) is 10.7. The second-order valence-corrected chi connectivity index (χ2v) is 6.49. The number of nitrogens with one attached hydrogen (secondary N) is 1. The molecule has 0 aliphatic rings. The summed E-state index contributed by atoms with van der Waals surface area (Å²) in [6.07, 6.45) is 0. The molecule has 1 aromatic heterocycles. The Balaban J connectivity index is 1.86. The summed E-state index contributed by atoms with van der Waals surface area (Å²) in [5, 5.41) is 4.87. The Kier molecular flexibility index (Phi) is 5.00. The molecule has 0 radical (unpaired) electrons. The van der Waals surface area contributed by atoms with Gasteiger partial charge >= 0.3 is 0 Å². The van der Waals surface area contributed by atoms with Gasteiger partial charge in [-0.05, 0) is 42.5 Å². The van der Waals surface area contributed by atoms with E-state index >= 15 is 0 Å². The highest BCUT2D eigenvalue weighted by Crippen LogP contribution is 2.34. The van der Waals surface area contributed by atoms with E-state index in [4.69, 9.17) is 31.0 Å². The third-order valence-electron chi connectivity index (χ3n) is 4.37. The zero-order valence-electron chi connectivity index (χ0n) is 15.4. The Bertz CT molecular complexity index is 1150. The van der Waals surface area contributed by atoms with Gasteiger partial charge < -0.3 is 14.8 Å². The van der Waals surface area contributed by atoms with E-state index in [1.165, 1.54) is 0 Å². The molecule has 28 heavy (non-hydrogen) atoms. The molecule has 4 rings (SSSR count). The molecule has 6 heteroatoms. The number of aromatic nitrogens is 2. The molecule has 0 saturated carbocycles. The van der Waals surface area contributed by atoms with E-state index in [1.807, 2.05) is 66.7 Å². The minimum Gasteiger partial charge on any atom is -0.493 e. The number of nitrogens with zero attached hydrogens (tertiary/aromatic N) is 2. The van der Waals surface area contributed by atoms with Gasteiger partial charge in [-0.3, -0.25) is 0 Å². The average molecular weight is 392 g/mol. The van der Waals surface area contributed by atoms with Crippen molar-refractivity contribution in [3.8, 4) is 22.9 Å². The summed E-state index contributed by atoms with van der Waals surface area (Å²) < 4.78 is 10.7. The number of anilines is 2. The summed E-state index contributed by atoms with van der Waals surface area (Å²) in [5.74, 6) is 2.54. The lowest BCUT2D eigenvalue weighted by atomic mass is 10.1. The lowest BCUT2D eigenvalue weighted by Crippen LogP contribution is -2.00. The molecule has 0 atom stereocenters. The van der Waals surface area contributed by atoms with Crippen LogP contribution in [0.1, 0.15) is 0 Å². The number of para-hydroxylation sites is 2. The molecule has 1 N–H and O–H groups in total. The quantitative estimate of drug-likeness (QED) is 0.472. The minimum atomic E-state index is 0.578. The van der Waals surface area contributed by atoms with Crippen molar-refractivity contribution in [3.63, 3.8) is 0 Å². The van der Waals surface area contributed by atoms with Crippen molar-refractivity contribution in [1.82, 2.24) is 9.97 Å². The highest BCUT2D eigenvalue weighted by Gasteiger charge is 2.13. The topological polar surface area (TPSA) is 56.3 Å². The average Bonchev–Trinajstić information content (AvgIpc) is 2.74. The first-order chi connectivity index (χ1) is 13.7. The Labute approximate surface area is 167 Å². The van der Waals surface area contributed by atoms with Gasteiger partial charge in [0.1, 0.15) is 5.82 Å². The van der Waals surface area contributed by atoms with Crippen molar-refractivity contribution < 1.29 is 9.47 Å². The summed E-state index contributed by atoms with van der Waals surface area (Å²) in [4.78, 5) is 9.48. The van der Waals surface area contributed by atoms with E-state index in [0.717, 1.165) is 22.2 Å². The summed E-state index contributed by atoms with van der Waals surface area (Å²) >= 11 is 6.32. The lowest BCUT2D eigenvalue weighted by Gasteiger charge is -2.13. The number of ether oxygens (including phenoxy) is 2. The number of halogens is 1. The van der Waals surface area contributed by atoms with Gasteiger partial charge in [0.2, 0.25) is 0 Å². The number of rotatable bonds is 5. The molecular formula is C22H18ClN3O2. The molecule has 0 fully saturated rings. The number of fused-ring (bicyclic) bond motifs is 1. The van der Waals surface area contributed by atoms with Crippen molar-refractivity contribution in [2.75, 3.05) is 19.5 Å². The summed E-state index contributed by atoms with van der Waals surface area (Å²) in [5.41, 5.74) is 2.44. The standard InChI is InChI=1S/C22H18ClN3O2/c1-27-19-12-11-14(13-20(19)28-2)21-24-17-9-5-3-7-15(17)22(26-21)25-18-10-6-4-8-16(18)23/h3-13H,1-2H3,(H,24,25,26). The van der Waals surface area contributed by atoms with Gasteiger partial charge in [-0.2, -0.15) is 0 Å². The molecule has 4 aromatic rings. The second-order valence-electron chi connectivity index (χ2n) is 6.09. The van der Waals surface area contributed by atoms with Crippen molar-refractivity contribution >= 4 is 34.0 Å². The first-order valence-electron chi connectivity index (χ1n) is 8.70. The second kappa shape index (κ2) is 7.74. The molecule has 0 amide bonds. The minimum absolute atomic E-state index is 0.578. The molecule has 140 valence electrons. The van der Waals surface area contributed by atoms with Gasteiger partial charge in [-0.15, -0.1) is 0 Å². The predicted octanol–water partition coefficient (Wildman–Crippen LogP) is 5.71. The van der Waals surface area contributed by atoms with Gasteiger partial charge in [-0.1, -0.05) is 35.9 Å². The van der Waals surface area contributed by atoms with E-state index in [1.54, 1.807) is 14.2 Å². The molecule has 0 saturated heterocycles. The van der Waals surface area contributed by atoms with Crippen molar-refractivity contribution in [2.45, 2.75) is 0 Å². The Hall–Kier alpha value is -3.31. The summed E-state index contributed by atoms with van der Waals surface area (Å²) in [6.45, 7) is 0. The molecule has 0 unspecified atom stereocenters. The third-order valence-corrected chi connectivity index (χ3v) is 4.70. The van der Waals surface area contributed by atoms with E-state index in [2.05, 4.69) is 5.32 Å². The van der Waals surface area contributed by atoms with Crippen LogP contribution in [0.4, 0.5) is 11.5 Å². The fourth-order valence-electron chi connectivity index (χ4n) is 2.97. The molecular weight excluding hydrogens is 374 g/mol. The van der Waals surface area contributed by atoms with Crippen LogP contribution in [0.2, 0.25) is 5.02 Å². The molecule has 0 spiro atoms. The molecule has 0 aliphatic heterocycles. The predicted molar refractivity (Wildman–Crippen MR) is 113 cm³/mol. The fraction of sp³-hybridized carbons (Fsp3) is 0.0909. The molecule has 0 aliphatic carbocycles. The van der Waals surface area contributed by atoms with E-state index < -0.39 is 0 Å². The maximum Gasteiger partial charge on any atom is 0.162 e. The first-order valence-corrected chi connectivity index (χ1v) is 9.08. The van der Waals surface area contributed by atoms with Gasteiger partial charge in [0, 0.05) is 10.9 Å². The SMILES string of the molecule is COc1ccc(-c2nc(Nc3ccccc3Cl)c3ccccc3n2)cc1OC. The van der Waals surface area contributed by atoms with Gasteiger partial charge in [-0.25, -0.2) is 9.97 Å². The molecule has 5 nitrogen and oxygen atoms in total. The highest BCUT2D eigenvalue weighted by molar-refractivity contribution is 6.33. The zero-order valence-corrected chi connectivity index (χ0v) is 16.2. The van der Waals surface area contributed by atoms with Crippen LogP contribution in [0.5, 0.6) is 11.5 Å². The van der Waals surface area contributed by atoms with Gasteiger partial charge in [0.15, 0.2) is 17.3 Å². The Morgan fingerprint density at radius 3 is 2.36 bits per heavy atom. The van der Waals surface area contributed by atoms with Crippen LogP contribution in [-0.4, -0.2) is 24.2 Å².